The van der Waals surface area contributed by atoms with Crippen LogP contribution in [0.5, 0.6) is 0 Å². The van der Waals surface area contributed by atoms with Crippen molar-refractivity contribution < 1.29 is 0 Å². The first-order chi connectivity index (χ1) is 5.42. The maximum atomic E-state index is 5.76. The van der Waals surface area contributed by atoms with Gasteiger partial charge in [-0.25, -0.2) is 0 Å². The number of fused-ring (bicyclic) bond motifs is 1. The number of para-hydroxylation sites is 1. The van der Waals surface area contributed by atoms with Crippen LogP contribution in [0.4, 0.5) is 0 Å². The zero-order valence-corrected chi connectivity index (χ0v) is 7.52. The number of halogens is 1. The summed E-state index contributed by atoms with van der Waals surface area (Å²) in [7, 11) is 0.349. The third-order valence-electron chi connectivity index (χ3n) is 1.69. The summed E-state index contributed by atoms with van der Waals surface area (Å²) in [6, 6.07) is 8.17. The van der Waals surface area contributed by atoms with Crippen LogP contribution in [-0.4, -0.2) is 4.98 Å². The number of benzene rings is 1. The highest BCUT2D eigenvalue weighted by Crippen LogP contribution is 2.21. The molecule has 0 saturated carbocycles. The Bertz CT molecular complexity index is 369. The number of nitrogens with one attached hydrogen (secondary N) is 1. The lowest BCUT2D eigenvalue weighted by molar-refractivity contribution is 1.49. The molecule has 1 heterocycles. The van der Waals surface area contributed by atoms with Gasteiger partial charge in [0.25, 0.3) is 0 Å². The lowest BCUT2D eigenvalue weighted by Crippen LogP contribution is -1.84. The lowest BCUT2D eigenvalue weighted by Gasteiger charge is -1.89. The van der Waals surface area contributed by atoms with Gasteiger partial charge in [0.2, 0.25) is 0 Å². The first-order valence-electron chi connectivity index (χ1n) is 3.34. The van der Waals surface area contributed by atoms with Crippen molar-refractivity contribution in [2.24, 2.45) is 0 Å². The molecule has 1 aromatic carbocycles. The Balaban J connectivity index is 2.76. The van der Waals surface area contributed by atoms with E-state index in [1.165, 1.54) is 10.7 Å². The van der Waals surface area contributed by atoms with Gasteiger partial charge >= 0.3 is 0 Å². The second-order valence-electron chi connectivity index (χ2n) is 2.34. The number of aromatic amines is 1. The first kappa shape index (κ1) is 7.15. The van der Waals surface area contributed by atoms with Crippen molar-refractivity contribution >= 4 is 35.4 Å². The van der Waals surface area contributed by atoms with Gasteiger partial charge in [-0.15, -0.1) is 0 Å². The van der Waals surface area contributed by atoms with Crippen LogP contribution in [0.2, 0.25) is 0 Å². The molecule has 0 saturated heterocycles. The molecule has 2 aromatic rings. The fourth-order valence-corrected chi connectivity index (χ4v) is 2.07. The molecule has 1 N–H and O–H groups in total. The molecule has 3 heteroatoms. The predicted molar refractivity (Wildman–Crippen MR) is 52.1 cm³/mol. The Morgan fingerprint density at radius 1 is 1.27 bits per heavy atom. The molecule has 0 aliphatic carbocycles. The number of aromatic nitrogens is 1. The van der Waals surface area contributed by atoms with E-state index in [1.807, 2.05) is 18.3 Å². The van der Waals surface area contributed by atoms with Crippen molar-refractivity contribution in [2.75, 3.05) is 0 Å². The van der Waals surface area contributed by atoms with Crippen molar-refractivity contribution in [3.05, 3.63) is 30.5 Å². The molecule has 0 radical (unpaired) electrons. The monoisotopic (exact) mass is 183 g/mol. The molecule has 0 amide bonds. The maximum Gasteiger partial charge on any atom is 0.0460 e. The summed E-state index contributed by atoms with van der Waals surface area (Å²) in [6.07, 6.45) is 1.97. The van der Waals surface area contributed by atoms with Crippen molar-refractivity contribution in [2.45, 2.75) is 0 Å². The standard InChI is InChI=1S/C8H7ClNP/c9-11-8-5-10-7-4-2-1-3-6(7)8/h1-5,10-11H. The summed E-state index contributed by atoms with van der Waals surface area (Å²) in [6.45, 7) is 0. The Kier molecular flexibility index (Phi) is 1.85. The Morgan fingerprint density at radius 3 is 2.91 bits per heavy atom. The molecule has 0 fully saturated rings. The number of rotatable bonds is 1. The molecule has 1 atom stereocenters. The third kappa shape index (κ3) is 1.15. The van der Waals surface area contributed by atoms with Gasteiger partial charge in [-0.2, -0.15) is 0 Å². The zero-order chi connectivity index (χ0) is 7.68. The lowest BCUT2D eigenvalue weighted by atomic mass is 10.2. The van der Waals surface area contributed by atoms with Crippen LogP contribution in [0.25, 0.3) is 10.9 Å². The van der Waals surface area contributed by atoms with Gasteiger partial charge in [0.1, 0.15) is 0 Å². The molecule has 11 heavy (non-hydrogen) atoms. The minimum atomic E-state index is 0.349. The highest BCUT2D eigenvalue weighted by Gasteiger charge is 1.99. The quantitative estimate of drug-likeness (QED) is 0.655. The summed E-state index contributed by atoms with van der Waals surface area (Å²) in [5.74, 6) is 0. The Labute approximate surface area is 71.3 Å². The molecule has 0 aliphatic rings. The average Bonchev–Trinajstić information content (AvgIpc) is 2.47. The van der Waals surface area contributed by atoms with Crippen LogP contribution in [0, 0.1) is 0 Å². The first-order valence-corrected chi connectivity index (χ1v) is 5.36. The Hall–Kier alpha value is -0.520. The van der Waals surface area contributed by atoms with E-state index < -0.39 is 0 Å². The topological polar surface area (TPSA) is 15.8 Å². The van der Waals surface area contributed by atoms with Crippen LogP contribution in [-0.2, 0) is 0 Å². The molecule has 0 spiro atoms. The van der Waals surface area contributed by atoms with Crippen LogP contribution in [0.15, 0.2) is 30.5 Å². The van der Waals surface area contributed by atoms with E-state index in [0.717, 1.165) is 5.52 Å². The van der Waals surface area contributed by atoms with Crippen LogP contribution in [0.1, 0.15) is 0 Å². The van der Waals surface area contributed by atoms with E-state index >= 15 is 0 Å². The van der Waals surface area contributed by atoms with Gasteiger partial charge < -0.3 is 4.98 Å². The van der Waals surface area contributed by atoms with Gasteiger partial charge in [-0.1, -0.05) is 29.4 Å². The number of hydrogen-bond acceptors (Lipinski definition) is 0. The third-order valence-corrected chi connectivity index (χ3v) is 2.92. The molecule has 0 bridgehead atoms. The van der Waals surface area contributed by atoms with Gasteiger partial charge in [-0.3, -0.25) is 0 Å². The number of hydrogen-bond donors (Lipinski definition) is 1. The summed E-state index contributed by atoms with van der Waals surface area (Å²) in [5.41, 5.74) is 1.16. The summed E-state index contributed by atoms with van der Waals surface area (Å²) < 4.78 is 0. The van der Waals surface area contributed by atoms with Gasteiger partial charge in [0.15, 0.2) is 0 Å². The highest BCUT2D eigenvalue weighted by molar-refractivity contribution is 7.75. The minimum Gasteiger partial charge on any atom is -0.360 e. The SMILES string of the molecule is ClPc1c[nH]c2ccccc12. The van der Waals surface area contributed by atoms with E-state index in [2.05, 4.69) is 17.1 Å². The highest BCUT2D eigenvalue weighted by atomic mass is 35.7. The molecular weight excluding hydrogens is 177 g/mol. The van der Waals surface area contributed by atoms with Gasteiger partial charge in [0, 0.05) is 30.3 Å². The van der Waals surface area contributed by atoms with Crippen molar-refractivity contribution in [1.29, 1.82) is 0 Å². The fourth-order valence-electron chi connectivity index (χ4n) is 1.15. The summed E-state index contributed by atoms with van der Waals surface area (Å²) >= 11 is 5.76. The molecule has 56 valence electrons. The maximum absolute atomic E-state index is 5.76. The molecule has 1 aromatic heterocycles. The summed E-state index contributed by atoms with van der Waals surface area (Å²) in [5, 5.41) is 2.43. The number of H-pyrrole nitrogens is 1. The molecule has 1 nitrogen and oxygen atoms in total. The normalized spacial score (nSPS) is 11.7. The van der Waals surface area contributed by atoms with E-state index in [-0.39, 0.29) is 0 Å². The largest absolute Gasteiger partial charge is 0.360 e. The van der Waals surface area contributed by atoms with E-state index in [1.54, 1.807) is 0 Å². The smallest absolute Gasteiger partial charge is 0.0460 e. The van der Waals surface area contributed by atoms with Crippen molar-refractivity contribution in [3.63, 3.8) is 0 Å². The molecule has 0 aliphatic heterocycles. The summed E-state index contributed by atoms with van der Waals surface area (Å²) in [4.78, 5) is 3.16. The van der Waals surface area contributed by atoms with Crippen LogP contribution < -0.4 is 5.30 Å². The van der Waals surface area contributed by atoms with E-state index in [9.17, 15) is 0 Å². The van der Waals surface area contributed by atoms with Gasteiger partial charge in [-0.05, 0) is 6.07 Å². The van der Waals surface area contributed by atoms with Gasteiger partial charge in [0.05, 0.1) is 0 Å². The zero-order valence-electron chi connectivity index (χ0n) is 5.76. The van der Waals surface area contributed by atoms with Crippen molar-refractivity contribution in [1.82, 2.24) is 4.98 Å². The van der Waals surface area contributed by atoms with E-state index in [4.69, 9.17) is 11.2 Å². The van der Waals surface area contributed by atoms with Crippen LogP contribution >= 0.6 is 19.2 Å². The molecular formula is C8H7ClNP. The van der Waals surface area contributed by atoms with Crippen molar-refractivity contribution in [3.8, 4) is 0 Å². The minimum absolute atomic E-state index is 0.349. The second-order valence-corrected chi connectivity index (χ2v) is 3.64. The Morgan fingerprint density at radius 2 is 2.09 bits per heavy atom. The van der Waals surface area contributed by atoms with Crippen LogP contribution in [0.3, 0.4) is 0 Å². The average molecular weight is 184 g/mol. The molecule has 2 rings (SSSR count). The second kappa shape index (κ2) is 2.84. The molecule has 1 unspecified atom stereocenters. The van der Waals surface area contributed by atoms with E-state index in [0.29, 0.717) is 7.93 Å². The fraction of sp³-hybridized carbons (Fsp3) is 0. The predicted octanol–water partition coefficient (Wildman–Crippen LogP) is 2.63.